The summed E-state index contributed by atoms with van der Waals surface area (Å²) in [7, 11) is 0. The van der Waals surface area contributed by atoms with Crippen LogP contribution in [0.1, 0.15) is 21.7 Å². The van der Waals surface area contributed by atoms with Gasteiger partial charge < -0.3 is 5.32 Å². The van der Waals surface area contributed by atoms with Crippen LogP contribution in [0.15, 0.2) is 59.5 Å². The van der Waals surface area contributed by atoms with E-state index in [4.69, 9.17) is 0 Å². The Bertz CT molecular complexity index is 872. The third-order valence-corrected chi connectivity index (χ3v) is 4.57. The van der Waals surface area contributed by atoms with Crippen molar-refractivity contribution in [3.05, 3.63) is 71.5 Å². The van der Waals surface area contributed by atoms with Crippen LogP contribution < -0.4 is 5.32 Å². The van der Waals surface area contributed by atoms with Gasteiger partial charge in [-0.15, -0.1) is 11.8 Å². The number of hydrogen-bond acceptors (Lipinski definition) is 3. The Kier molecular flexibility index (Phi) is 4.71. The Labute approximate surface area is 145 Å². The Hall–Kier alpha value is -2.53. The molecule has 0 saturated carbocycles. The van der Waals surface area contributed by atoms with Crippen molar-refractivity contribution >= 4 is 23.4 Å². The highest BCUT2D eigenvalue weighted by Crippen LogP contribution is 2.22. The predicted octanol–water partition coefficient (Wildman–Crippen LogP) is 4.46. The largest absolute Gasteiger partial charge is 0.322 e. The molecule has 0 unspecified atom stereocenters. The average molecular weight is 337 g/mol. The highest BCUT2D eigenvalue weighted by atomic mass is 32.2. The minimum Gasteiger partial charge on any atom is -0.322 e. The van der Waals surface area contributed by atoms with E-state index in [-0.39, 0.29) is 5.91 Å². The second-order valence-electron chi connectivity index (χ2n) is 5.48. The number of carbonyl (C=O) groups excluding carboxylic acids is 1. The number of para-hydroxylation sites is 1. The summed E-state index contributed by atoms with van der Waals surface area (Å²) in [6.45, 7) is 3.78. The molecule has 122 valence electrons. The fourth-order valence-corrected chi connectivity index (χ4v) is 3.15. The van der Waals surface area contributed by atoms with Gasteiger partial charge in [0, 0.05) is 10.6 Å². The van der Waals surface area contributed by atoms with Gasteiger partial charge in [-0.2, -0.15) is 5.10 Å². The summed E-state index contributed by atoms with van der Waals surface area (Å²) >= 11 is 1.65. The highest BCUT2D eigenvalue weighted by Gasteiger charge is 2.19. The van der Waals surface area contributed by atoms with Gasteiger partial charge >= 0.3 is 0 Å². The molecular weight excluding hydrogens is 318 g/mol. The number of aryl methyl sites for hydroxylation is 1. The number of nitrogens with zero attached hydrogens (tertiary/aromatic N) is 2. The van der Waals surface area contributed by atoms with Crippen molar-refractivity contribution in [2.24, 2.45) is 0 Å². The molecule has 1 aromatic heterocycles. The zero-order chi connectivity index (χ0) is 17.1. The van der Waals surface area contributed by atoms with E-state index in [1.54, 1.807) is 11.8 Å². The molecule has 0 aliphatic heterocycles. The first-order valence-corrected chi connectivity index (χ1v) is 8.89. The van der Waals surface area contributed by atoms with Crippen LogP contribution in [0.4, 0.5) is 5.69 Å². The van der Waals surface area contributed by atoms with Crippen molar-refractivity contribution in [2.75, 3.05) is 11.6 Å². The second-order valence-corrected chi connectivity index (χ2v) is 6.36. The molecule has 0 spiro atoms. The predicted molar refractivity (Wildman–Crippen MR) is 99.2 cm³/mol. The first kappa shape index (κ1) is 16.3. The van der Waals surface area contributed by atoms with Crippen molar-refractivity contribution in [2.45, 2.75) is 18.7 Å². The Balaban J connectivity index is 1.92. The number of aromatic nitrogens is 2. The first-order chi connectivity index (χ1) is 11.6. The van der Waals surface area contributed by atoms with Crippen LogP contribution in [0.25, 0.3) is 5.69 Å². The van der Waals surface area contributed by atoms with Gasteiger partial charge in [-0.05, 0) is 50.4 Å². The standard InChI is InChI=1S/C19H19N3OS/c1-13-18(14(2)22(21-13)16-9-5-4-6-10-16)19(23)20-15-8-7-11-17(12-15)24-3/h4-12H,1-3H3,(H,20,23). The topological polar surface area (TPSA) is 46.9 Å². The lowest BCUT2D eigenvalue weighted by Crippen LogP contribution is -2.14. The molecule has 0 radical (unpaired) electrons. The van der Waals surface area contributed by atoms with Crippen LogP contribution in [0.5, 0.6) is 0 Å². The van der Waals surface area contributed by atoms with Crippen LogP contribution in [-0.4, -0.2) is 21.9 Å². The lowest BCUT2D eigenvalue weighted by atomic mass is 10.1. The van der Waals surface area contributed by atoms with E-state index in [9.17, 15) is 4.79 Å². The van der Waals surface area contributed by atoms with E-state index in [0.717, 1.165) is 27.7 Å². The summed E-state index contributed by atoms with van der Waals surface area (Å²) in [5.41, 5.74) is 3.90. The van der Waals surface area contributed by atoms with E-state index in [0.29, 0.717) is 5.56 Å². The van der Waals surface area contributed by atoms with E-state index in [1.807, 2.05) is 79.4 Å². The molecule has 0 aliphatic carbocycles. The summed E-state index contributed by atoms with van der Waals surface area (Å²) < 4.78 is 1.81. The van der Waals surface area contributed by atoms with Gasteiger partial charge in [-0.25, -0.2) is 4.68 Å². The van der Waals surface area contributed by atoms with Crippen LogP contribution in [0.3, 0.4) is 0 Å². The Morgan fingerprint density at radius 1 is 1.08 bits per heavy atom. The fraction of sp³-hybridized carbons (Fsp3) is 0.158. The maximum atomic E-state index is 12.7. The summed E-state index contributed by atoms with van der Waals surface area (Å²) in [6.07, 6.45) is 2.01. The van der Waals surface area contributed by atoms with Gasteiger partial charge in [0.25, 0.3) is 5.91 Å². The lowest BCUT2D eigenvalue weighted by molar-refractivity contribution is 0.102. The number of nitrogens with one attached hydrogen (secondary N) is 1. The number of amides is 1. The van der Waals surface area contributed by atoms with E-state index >= 15 is 0 Å². The Morgan fingerprint density at radius 2 is 1.83 bits per heavy atom. The number of rotatable bonds is 4. The zero-order valence-corrected chi connectivity index (χ0v) is 14.7. The van der Waals surface area contributed by atoms with Gasteiger partial charge in [0.15, 0.2) is 0 Å². The minimum atomic E-state index is -0.134. The number of benzene rings is 2. The molecule has 0 aliphatic rings. The lowest BCUT2D eigenvalue weighted by Gasteiger charge is -2.08. The molecule has 0 saturated heterocycles. The number of anilines is 1. The number of thioether (sulfide) groups is 1. The van der Waals surface area contributed by atoms with Gasteiger partial charge in [-0.1, -0.05) is 24.3 Å². The van der Waals surface area contributed by atoms with Crippen molar-refractivity contribution in [1.29, 1.82) is 0 Å². The van der Waals surface area contributed by atoms with Gasteiger partial charge in [0.1, 0.15) is 0 Å². The first-order valence-electron chi connectivity index (χ1n) is 7.67. The maximum absolute atomic E-state index is 12.7. The van der Waals surface area contributed by atoms with Crippen molar-refractivity contribution in [3.8, 4) is 5.69 Å². The number of hydrogen-bond donors (Lipinski definition) is 1. The summed E-state index contributed by atoms with van der Waals surface area (Å²) in [6, 6.07) is 17.6. The third kappa shape index (κ3) is 3.21. The molecule has 0 bridgehead atoms. The van der Waals surface area contributed by atoms with Crippen molar-refractivity contribution in [3.63, 3.8) is 0 Å². The monoisotopic (exact) mass is 337 g/mol. The molecule has 24 heavy (non-hydrogen) atoms. The van der Waals surface area contributed by atoms with Crippen LogP contribution in [0, 0.1) is 13.8 Å². The molecule has 4 nitrogen and oxygen atoms in total. The molecule has 5 heteroatoms. The molecule has 0 fully saturated rings. The molecule has 0 atom stereocenters. The Morgan fingerprint density at radius 3 is 2.54 bits per heavy atom. The normalized spacial score (nSPS) is 10.6. The molecule has 3 aromatic rings. The third-order valence-electron chi connectivity index (χ3n) is 3.85. The summed E-state index contributed by atoms with van der Waals surface area (Å²) in [5, 5.41) is 7.50. The zero-order valence-electron chi connectivity index (χ0n) is 13.9. The summed E-state index contributed by atoms with van der Waals surface area (Å²) in [4.78, 5) is 13.8. The minimum absolute atomic E-state index is 0.134. The maximum Gasteiger partial charge on any atom is 0.259 e. The molecule has 1 amide bonds. The fourth-order valence-electron chi connectivity index (χ4n) is 2.69. The van der Waals surface area contributed by atoms with Gasteiger partial charge in [-0.3, -0.25) is 4.79 Å². The highest BCUT2D eigenvalue weighted by molar-refractivity contribution is 7.98. The van der Waals surface area contributed by atoms with E-state index in [2.05, 4.69) is 10.4 Å². The van der Waals surface area contributed by atoms with Crippen LogP contribution in [0.2, 0.25) is 0 Å². The van der Waals surface area contributed by atoms with Crippen molar-refractivity contribution < 1.29 is 4.79 Å². The summed E-state index contributed by atoms with van der Waals surface area (Å²) in [5.74, 6) is -0.134. The molecule has 2 aromatic carbocycles. The van der Waals surface area contributed by atoms with Crippen LogP contribution in [-0.2, 0) is 0 Å². The molecule has 1 N–H and O–H groups in total. The molecular formula is C19H19N3OS. The van der Waals surface area contributed by atoms with E-state index in [1.165, 1.54) is 0 Å². The molecule has 1 heterocycles. The number of carbonyl (C=O) groups is 1. The van der Waals surface area contributed by atoms with Crippen molar-refractivity contribution in [1.82, 2.24) is 9.78 Å². The average Bonchev–Trinajstić information content (AvgIpc) is 2.90. The van der Waals surface area contributed by atoms with Gasteiger partial charge in [0.05, 0.1) is 22.6 Å². The smallest absolute Gasteiger partial charge is 0.259 e. The van der Waals surface area contributed by atoms with E-state index < -0.39 is 0 Å². The van der Waals surface area contributed by atoms with Gasteiger partial charge in [0.2, 0.25) is 0 Å². The molecule has 3 rings (SSSR count). The van der Waals surface area contributed by atoms with Crippen LogP contribution >= 0.6 is 11.8 Å². The SMILES string of the molecule is CSc1cccc(NC(=O)c2c(C)nn(-c3ccccc3)c2C)c1. The second kappa shape index (κ2) is 6.93. The quantitative estimate of drug-likeness (QED) is 0.715.